The molecule has 2 aromatic rings. The molecule has 1 N–H and O–H groups in total. The lowest BCUT2D eigenvalue weighted by Gasteiger charge is -2.32. The fourth-order valence-electron chi connectivity index (χ4n) is 2.57. The van der Waals surface area contributed by atoms with Gasteiger partial charge in [0.2, 0.25) is 0 Å². The average Bonchev–Trinajstić information content (AvgIpc) is 2.87. The van der Waals surface area contributed by atoms with Gasteiger partial charge in [-0.15, -0.1) is 11.3 Å². The van der Waals surface area contributed by atoms with Crippen molar-refractivity contribution in [2.24, 2.45) is 5.92 Å². The van der Waals surface area contributed by atoms with Crippen molar-refractivity contribution in [1.82, 2.24) is 4.98 Å². The van der Waals surface area contributed by atoms with Crippen LogP contribution in [0.2, 0.25) is 0 Å². The summed E-state index contributed by atoms with van der Waals surface area (Å²) < 4.78 is 0. The van der Waals surface area contributed by atoms with Crippen LogP contribution in [-0.4, -0.2) is 16.6 Å². The molecule has 1 aliphatic rings. The van der Waals surface area contributed by atoms with Crippen molar-refractivity contribution >= 4 is 22.2 Å². The number of hydrogen-bond donors (Lipinski definition) is 1. The minimum Gasteiger partial charge on any atom is -0.387 e. The molecule has 4 heteroatoms. The Morgan fingerprint density at radius 1 is 1.42 bits per heavy atom. The first-order valence-corrected chi connectivity index (χ1v) is 7.52. The number of thiazole rings is 1. The van der Waals surface area contributed by atoms with E-state index in [9.17, 15) is 5.11 Å². The molecule has 0 spiro atoms. The highest BCUT2D eigenvalue weighted by atomic mass is 32.1. The molecule has 2 unspecified atom stereocenters. The van der Waals surface area contributed by atoms with Crippen LogP contribution in [0, 0.1) is 5.92 Å². The van der Waals surface area contributed by atoms with E-state index in [1.54, 1.807) is 18.3 Å². The van der Waals surface area contributed by atoms with Gasteiger partial charge in [-0.25, -0.2) is 4.98 Å². The SMILES string of the molecule is CC1Cc2ccccc2N(c2nc(C(C)O)cs2)C1. The number of benzene rings is 1. The predicted octanol–water partition coefficient (Wildman–Crippen LogP) is 3.53. The number of hydrogen-bond acceptors (Lipinski definition) is 4. The predicted molar refractivity (Wildman–Crippen MR) is 79.1 cm³/mol. The summed E-state index contributed by atoms with van der Waals surface area (Å²) in [5.74, 6) is 0.619. The summed E-state index contributed by atoms with van der Waals surface area (Å²) in [6, 6.07) is 8.52. The average molecular weight is 274 g/mol. The van der Waals surface area contributed by atoms with E-state index in [4.69, 9.17) is 0 Å². The number of aromatic nitrogens is 1. The van der Waals surface area contributed by atoms with Gasteiger partial charge < -0.3 is 10.0 Å². The van der Waals surface area contributed by atoms with Crippen molar-refractivity contribution in [3.05, 3.63) is 40.9 Å². The summed E-state index contributed by atoms with van der Waals surface area (Å²) in [4.78, 5) is 6.84. The van der Waals surface area contributed by atoms with E-state index in [1.165, 1.54) is 11.3 Å². The molecular weight excluding hydrogens is 256 g/mol. The number of anilines is 2. The van der Waals surface area contributed by atoms with E-state index in [0.717, 1.165) is 23.8 Å². The molecule has 1 aliphatic heterocycles. The van der Waals surface area contributed by atoms with E-state index in [0.29, 0.717) is 5.92 Å². The number of rotatable bonds is 2. The van der Waals surface area contributed by atoms with Crippen LogP contribution in [0.1, 0.15) is 31.2 Å². The Kier molecular flexibility index (Phi) is 3.29. The lowest BCUT2D eigenvalue weighted by Crippen LogP contribution is -2.30. The number of aliphatic hydroxyl groups is 1. The van der Waals surface area contributed by atoms with Crippen molar-refractivity contribution in [3.63, 3.8) is 0 Å². The minimum absolute atomic E-state index is 0.498. The number of para-hydroxylation sites is 1. The molecule has 1 aromatic carbocycles. The highest BCUT2D eigenvalue weighted by molar-refractivity contribution is 7.13. The maximum atomic E-state index is 9.61. The molecule has 0 bridgehead atoms. The zero-order valence-electron chi connectivity index (χ0n) is 11.2. The Labute approximate surface area is 117 Å². The van der Waals surface area contributed by atoms with E-state index in [-0.39, 0.29) is 0 Å². The van der Waals surface area contributed by atoms with Gasteiger partial charge in [0, 0.05) is 17.6 Å². The normalized spacial score (nSPS) is 20.2. The van der Waals surface area contributed by atoms with Gasteiger partial charge in [-0.1, -0.05) is 25.1 Å². The summed E-state index contributed by atoms with van der Waals surface area (Å²) in [5, 5.41) is 12.5. The minimum atomic E-state index is -0.498. The molecule has 0 radical (unpaired) electrons. The van der Waals surface area contributed by atoms with E-state index >= 15 is 0 Å². The second-order valence-corrected chi connectivity index (χ2v) is 6.12. The van der Waals surface area contributed by atoms with Gasteiger partial charge in [-0.3, -0.25) is 0 Å². The lowest BCUT2D eigenvalue weighted by atomic mass is 9.94. The zero-order chi connectivity index (χ0) is 13.4. The molecular formula is C15H18N2OS. The van der Waals surface area contributed by atoms with E-state index in [1.807, 2.05) is 5.38 Å². The summed E-state index contributed by atoms with van der Waals surface area (Å²) in [6.07, 6.45) is 0.629. The van der Waals surface area contributed by atoms with Crippen LogP contribution in [0.3, 0.4) is 0 Å². The Hall–Kier alpha value is -1.39. The van der Waals surface area contributed by atoms with Crippen LogP contribution in [0.25, 0.3) is 0 Å². The molecule has 0 amide bonds. The highest BCUT2D eigenvalue weighted by Gasteiger charge is 2.24. The first-order chi connectivity index (χ1) is 9.15. The van der Waals surface area contributed by atoms with Gasteiger partial charge in [0.1, 0.15) is 0 Å². The molecule has 100 valence electrons. The first-order valence-electron chi connectivity index (χ1n) is 6.64. The van der Waals surface area contributed by atoms with Gasteiger partial charge in [-0.05, 0) is 30.9 Å². The van der Waals surface area contributed by atoms with Crippen LogP contribution in [-0.2, 0) is 6.42 Å². The topological polar surface area (TPSA) is 36.4 Å². The molecule has 2 heterocycles. The van der Waals surface area contributed by atoms with Crippen molar-refractivity contribution < 1.29 is 5.11 Å². The number of nitrogens with zero attached hydrogens (tertiary/aromatic N) is 2. The van der Waals surface area contributed by atoms with Gasteiger partial charge >= 0.3 is 0 Å². The molecule has 0 fully saturated rings. The van der Waals surface area contributed by atoms with Gasteiger partial charge in [-0.2, -0.15) is 0 Å². The smallest absolute Gasteiger partial charge is 0.190 e. The molecule has 2 atom stereocenters. The summed E-state index contributed by atoms with van der Waals surface area (Å²) in [5.41, 5.74) is 3.40. The molecule has 3 nitrogen and oxygen atoms in total. The molecule has 0 saturated heterocycles. The van der Waals surface area contributed by atoms with Crippen LogP contribution in [0.15, 0.2) is 29.6 Å². The maximum Gasteiger partial charge on any atom is 0.190 e. The van der Waals surface area contributed by atoms with Crippen molar-refractivity contribution in [1.29, 1.82) is 0 Å². The fraction of sp³-hybridized carbons (Fsp3) is 0.400. The molecule has 1 aromatic heterocycles. The van der Waals surface area contributed by atoms with Crippen LogP contribution < -0.4 is 4.90 Å². The van der Waals surface area contributed by atoms with Crippen LogP contribution in [0.5, 0.6) is 0 Å². The molecule has 19 heavy (non-hydrogen) atoms. The standard InChI is InChI=1S/C15H18N2OS/c1-10-7-12-5-3-4-6-14(12)17(8-10)15-16-13(9-19-15)11(2)18/h3-6,9-11,18H,7-8H2,1-2H3. The molecule has 3 rings (SSSR count). The molecule has 0 aliphatic carbocycles. The van der Waals surface area contributed by atoms with Gasteiger partial charge in [0.05, 0.1) is 11.8 Å². The third-order valence-corrected chi connectivity index (χ3v) is 4.40. The molecule has 0 saturated carbocycles. The number of fused-ring (bicyclic) bond motifs is 1. The largest absolute Gasteiger partial charge is 0.387 e. The van der Waals surface area contributed by atoms with Crippen molar-refractivity contribution in [2.75, 3.05) is 11.4 Å². The fourth-order valence-corrected chi connectivity index (χ4v) is 3.50. The van der Waals surface area contributed by atoms with E-state index in [2.05, 4.69) is 41.1 Å². The lowest BCUT2D eigenvalue weighted by molar-refractivity contribution is 0.195. The van der Waals surface area contributed by atoms with Crippen LogP contribution in [0.4, 0.5) is 10.8 Å². The summed E-state index contributed by atoms with van der Waals surface area (Å²) in [7, 11) is 0. The van der Waals surface area contributed by atoms with Crippen LogP contribution >= 0.6 is 11.3 Å². The van der Waals surface area contributed by atoms with Gasteiger partial charge in [0.25, 0.3) is 0 Å². The quantitative estimate of drug-likeness (QED) is 0.910. The summed E-state index contributed by atoms with van der Waals surface area (Å²) in [6.45, 7) is 5.02. The monoisotopic (exact) mass is 274 g/mol. The van der Waals surface area contributed by atoms with Gasteiger partial charge in [0.15, 0.2) is 5.13 Å². The van der Waals surface area contributed by atoms with E-state index < -0.39 is 6.10 Å². The summed E-state index contributed by atoms with van der Waals surface area (Å²) >= 11 is 1.60. The Balaban J connectivity index is 2.00. The number of aliphatic hydroxyl groups excluding tert-OH is 1. The van der Waals surface area contributed by atoms with Crippen molar-refractivity contribution in [3.8, 4) is 0 Å². The second kappa shape index (κ2) is 4.94. The Morgan fingerprint density at radius 2 is 2.21 bits per heavy atom. The first kappa shape index (κ1) is 12.6. The third-order valence-electron chi connectivity index (χ3n) is 3.51. The van der Waals surface area contributed by atoms with Crippen molar-refractivity contribution in [2.45, 2.75) is 26.4 Å². The zero-order valence-corrected chi connectivity index (χ0v) is 12.0. The highest BCUT2D eigenvalue weighted by Crippen LogP contribution is 2.37. The second-order valence-electron chi connectivity index (χ2n) is 5.28. The Bertz CT molecular complexity index is 579. The maximum absolute atomic E-state index is 9.61. The Morgan fingerprint density at radius 3 is 2.95 bits per heavy atom. The third kappa shape index (κ3) is 2.38.